The predicted molar refractivity (Wildman–Crippen MR) is 75.1 cm³/mol. The first-order valence-electron chi connectivity index (χ1n) is 5.48. The first kappa shape index (κ1) is 15.1. The minimum Gasteiger partial charge on any atom is -0.490 e. The van der Waals surface area contributed by atoms with Crippen molar-refractivity contribution in [3.8, 4) is 11.5 Å². The Morgan fingerprint density at radius 3 is 2.33 bits per heavy atom. The second-order valence-electron chi connectivity index (χ2n) is 3.35. The third kappa shape index (κ3) is 4.38. The minimum absolute atomic E-state index is 0.156. The average molecular weight is 338 g/mol. The largest absolute Gasteiger partial charge is 0.490 e. The van der Waals surface area contributed by atoms with Crippen LogP contribution in [0.2, 0.25) is 0 Å². The Morgan fingerprint density at radius 1 is 1.17 bits per heavy atom. The molecule has 0 atom stereocenters. The maximum atomic E-state index is 11.4. The number of alkyl halides is 1. The molecule has 1 N–H and O–H groups in total. The molecule has 1 aromatic carbocycles. The van der Waals surface area contributed by atoms with E-state index in [4.69, 9.17) is 9.47 Å². The third-order valence-electron chi connectivity index (χ3n) is 1.96. The molecule has 0 heterocycles. The maximum Gasteiger partial charge on any atom is 0.242 e. The molecule has 102 valence electrons. The molecular weight excluding hydrogens is 322 g/mol. The van der Waals surface area contributed by atoms with Crippen molar-refractivity contribution in [2.75, 3.05) is 22.6 Å². The van der Waals surface area contributed by atoms with Gasteiger partial charge >= 0.3 is 0 Å². The van der Waals surface area contributed by atoms with Crippen LogP contribution in [0, 0.1) is 0 Å². The van der Waals surface area contributed by atoms with Crippen LogP contribution in [0.4, 0.5) is 5.69 Å². The van der Waals surface area contributed by atoms with Gasteiger partial charge in [0.1, 0.15) is 4.66 Å². The molecule has 5 nitrogen and oxygen atoms in total. The minimum atomic E-state index is -3.36. The van der Waals surface area contributed by atoms with Gasteiger partial charge in [0.25, 0.3) is 0 Å². The van der Waals surface area contributed by atoms with Gasteiger partial charge in [-0.1, -0.05) is 15.9 Å². The number of halogens is 1. The molecule has 1 rings (SSSR count). The van der Waals surface area contributed by atoms with Crippen molar-refractivity contribution in [3.63, 3.8) is 0 Å². The van der Waals surface area contributed by atoms with E-state index < -0.39 is 10.0 Å². The zero-order valence-electron chi connectivity index (χ0n) is 10.3. The van der Waals surface area contributed by atoms with Crippen LogP contribution in [0.5, 0.6) is 11.5 Å². The molecule has 0 aliphatic carbocycles. The molecule has 0 spiro atoms. The van der Waals surface area contributed by atoms with Crippen LogP contribution < -0.4 is 14.2 Å². The lowest BCUT2D eigenvalue weighted by Gasteiger charge is -2.13. The van der Waals surface area contributed by atoms with E-state index >= 15 is 0 Å². The van der Waals surface area contributed by atoms with E-state index in [1.807, 2.05) is 13.8 Å². The van der Waals surface area contributed by atoms with Crippen molar-refractivity contribution in [1.29, 1.82) is 0 Å². The summed E-state index contributed by atoms with van der Waals surface area (Å²) in [4.78, 5) is 0. The fourth-order valence-electron chi connectivity index (χ4n) is 1.32. The molecule has 0 fully saturated rings. The Balaban J connectivity index is 2.99. The van der Waals surface area contributed by atoms with Gasteiger partial charge in [-0.15, -0.1) is 0 Å². The van der Waals surface area contributed by atoms with Gasteiger partial charge < -0.3 is 9.47 Å². The number of benzene rings is 1. The zero-order chi connectivity index (χ0) is 13.6. The summed E-state index contributed by atoms with van der Waals surface area (Å²) in [5.41, 5.74) is 0.446. The molecule has 0 saturated carbocycles. The van der Waals surface area contributed by atoms with E-state index in [0.29, 0.717) is 30.4 Å². The van der Waals surface area contributed by atoms with Gasteiger partial charge in [0, 0.05) is 6.07 Å². The molecule has 1 aromatic rings. The maximum absolute atomic E-state index is 11.4. The summed E-state index contributed by atoms with van der Waals surface area (Å²) >= 11 is 2.91. The molecule has 0 aliphatic rings. The van der Waals surface area contributed by atoms with Crippen LogP contribution in [-0.4, -0.2) is 26.3 Å². The fourth-order valence-corrected chi connectivity index (χ4v) is 2.21. The first-order chi connectivity index (χ1) is 8.52. The van der Waals surface area contributed by atoms with Crippen LogP contribution in [0.3, 0.4) is 0 Å². The Labute approximate surface area is 116 Å². The predicted octanol–water partition coefficient (Wildman–Crippen LogP) is 2.58. The van der Waals surface area contributed by atoms with E-state index in [-0.39, 0.29) is 4.66 Å². The summed E-state index contributed by atoms with van der Waals surface area (Å²) in [5.74, 6) is 1.12. The summed E-state index contributed by atoms with van der Waals surface area (Å²) in [6, 6.07) is 4.92. The fraction of sp³-hybridized carbons (Fsp3) is 0.455. The van der Waals surface area contributed by atoms with E-state index in [2.05, 4.69) is 20.7 Å². The lowest BCUT2D eigenvalue weighted by Crippen LogP contribution is -2.13. The molecule has 0 unspecified atom stereocenters. The molecular formula is C11H16BrNO4S. The smallest absolute Gasteiger partial charge is 0.242 e. The zero-order valence-corrected chi connectivity index (χ0v) is 12.7. The number of anilines is 1. The Morgan fingerprint density at radius 2 is 1.78 bits per heavy atom. The number of sulfonamides is 1. The van der Waals surface area contributed by atoms with Gasteiger partial charge in [-0.3, -0.25) is 4.72 Å². The van der Waals surface area contributed by atoms with E-state index in [0.717, 1.165) is 0 Å². The highest BCUT2D eigenvalue weighted by Gasteiger charge is 2.11. The molecule has 7 heteroatoms. The highest BCUT2D eigenvalue weighted by Crippen LogP contribution is 2.31. The Hall–Kier alpha value is -0.950. The summed E-state index contributed by atoms with van der Waals surface area (Å²) in [6.07, 6.45) is 0. The van der Waals surface area contributed by atoms with Gasteiger partial charge in [-0.05, 0) is 26.0 Å². The second kappa shape index (κ2) is 6.84. The number of hydrogen-bond donors (Lipinski definition) is 1. The quantitative estimate of drug-likeness (QED) is 0.776. The van der Waals surface area contributed by atoms with Gasteiger partial charge in [0.15, 0.2) is 11.5 Å². The van der Waals surface area contributed by atoms with Gasteiger partial charge in [0.05, 0.1) is 18.9 Å². The van der Waals surface area contributed by atoms with Crippen LogP contribution in [-0.2, 0) is 10.0 Å². The van der Waals surface area contributed by atoms with Gasteiger partial charge in [0.2, 0.25) is 10.0 Å². The normalized spacial score (nSPS) is 11.1. The summed E-state index contributed by atoms with van der Waals surface area (Å²) < 4.78 is 35.9. The summed E-state index contributed by atoms with van der Waals surface area (Å²) in [7, 11) is -3.36. The molecule has 0 bridgehead atoms. The molecule has 18 heavy (non-hydrogen) atoms. The monoisotopic (exact) mass is 337 g/mol. The number of hydrogen-bond acceptors (Lipinski definition) is 4. The second-order valence-corrected chi connectivity index (χ2v) is 6.38. The summed E-state index contributed by atoms with van der Waals surface area (Å²) in [5, 5.41) is 0. The van der Waals surface area contributed by atoms with Crippen molar-refractivity contribution >= 4 is 31.6 Å². The standard InChI is InChI=1S/C11H16BrNO4S/c1-3-16-10-6-5-9(7-11(10)17-4-2)13-18(14,15)8-12/h5-7,13H,3-4,8H2,1-2H3. The van der Waals surface area contributed by atoms with Crippen LogP contribution in [0.15, 0.2) is 18.2 Å². The molecule has 0 amide bonds. The van der Waals surface area contributed by atoms with Crippen molar-refractivity contribution in [2.45, 2.75) is 13.8 Å². The number of nitrogens with one attached hydrogen (secondary N) is 1. The van der Waals surface area contributed by atoms with E-state index in [9.17, 15) is 8.42 Å². The van der Waals surface area contributed by atoms with Crippen LogP contribution in [0.25, 0.3) is 0 Å². The van der Waals surface area contributed by atoms with Crippen molar-refractivity contribution < 1.29 is 17.9 Å². The van der Waals surface area contributed by atoms with Crippen LogP contribution >= 0.6 is 15.9 Å². The molecule has 0 aromatic heterocycles. The lowest BCUT2D eigenvalue weighted by atomic mass is 10.3. The van der Waals surface area contributed by atoms with Gasteiger partial charge in [-0.2, -0.15) is 0 Å². The van der Waals surface area contributed by atoms with Crippen LogP contribution in [0.1, 0.15) is 13.8 Å². The average Bonchev–Trinajstić information content (AvgIpc) is 2.33. The number of ether oxygens (including phenoxy) is 2. The van der Waals surface area contributed by atoms with Crippen molar-refractivity contribution in [2.24, 2.45) is 0 Å². The first-order valence-corrected chi connectivity index (χ1v) is 8.25. The Kier molecular flexibility index (Phi) is 5.74. The molecule has 0 aliphatic heterocycles. The Bertz CT molecular complexity index is 490. The lowest BCUT2D eigenvalue weighted by molar-refractivity contribution is 0.288. The SMILES string of the molecule is CCOc1ccc(NS(=O)(=O)CBr)cc1OCC. The van der Waals surface area contributed by atoms with Crippen molar-refractivity contribution in [1.82, 2.24) is 0 Å². The highest BCUT2D eigenvalue weighted by atomic mass is 79.9. The van der Waals surface area contributed by atoms with Gasteiger partial charge in [-0.25, -0.2) is 8.42 Å². The third-order valence-corrected chi connectivity index (χ3v) is 4.60. The molecule has 0 saturated heterocycles. The summed E-state index contributed by atoms with van der Waals surface area (Å²) in [6.45, 7) is 4.73. The molecule has 0 radical (unpaired) electrons. The van der Waals surface area contributed by atoms with E-state index in [1.54, 1.807) is 18.2 Å². The van der Waals surface area contributed by atoms with E-state index in [1.165, 1.54) is 0 Å². The van der Waals surface area contributed by atoms with Crippen molar-refractivity contribution in [3.05, 3.63) is 18.2 Å². The topological polar surface area (TPSA) is 64.6 Å². The highest BCUT2D eigenvalue weighted by molar-refractivity contribution is 9.10. The number of rotatable bonds is 7.